The molecule has 0 aromatic rings. The first-order valence-corrected chi connectivity index (χ1v) is 5.56. The number of piperidine rings is 1. The second-order valence-corrected chi connectivity index (χ2v) is 5.78. The lowest BCUT2D eigenvalue weighted by Crippen LogP contribution is -2.36. The molecule has 3 nitrogen and oxygen atoms in total. The lowest BCUT2D eigenvalue weighted by molar-refractivity contribution is -0.148. The highest BCUT2D eigenvalue weighted by Crippen LogP contribution is 2.26. The number of rotatable bonds is 2. The van der Waals surface area contributed by atoms with Crippen molar-refractivity contribution in [3.8, 4) is 0 Å². The summed E-state index contributed by atoms with van der Waals surface area (Å²) in [6, 6.07) is 0. The monoisotopic (exact) mass is 259 g/mol. The Bertz CT molecular complexity index is 199. The first-order chi connectivity index (χ1) is 6.49. The number of hydrogen-bond acceptors (Lipinski definition) is 3. The molecule has 1 fully saturated rings. The zero-order valence-electron chi connectivity index (χ0n) is 7.56. The quantitative estimate of drug-likeness (QED) is 0.609. The standard InChI is InChI=1S/C8H12Cl3NO2/c9-8(10,11)5-14-7(13)6-2-1-3-12-4-6/h6,12H,1-5H2/t6-/m1/s1. The molecule has 0 aromatic carbocycles. The summed E-state index contributed by atoms with van der Waals surface area (Å²) in [6.45, 7) is 1.42. The van der Waals surface area contributed by atoms with Gasteiger partial charge in [-0.05, 0) is 19.4 Å². The van der Waals surface area contributed by atoms with Gasteiger partial charge in [-0.25, -0.2) is 0 Å². The third kappa shape index (κ3) is 4.69. The molecule has 82 valence electrons. The minimum absolute atomic E-state index is 0.101. The van der Waals surface area contributed by atoms with Crippen molar-refractivity contribution in [3.05, 3.63) is 0 Å². The first kappa shape index (κ1) is 12.4. The predicted octanol–water partition coefficient (Wildman–Crippen LogP) is 1.90. The van der Waals surface area contributed by atoms with Gasteiger partial charge < -0.3 is 10.1 Å². The van der Waals surface area contributed by atoms with Crippen molar-refractivity contribution in [2.24, 2.45) is 5.92 Å². The number of carbonyl (C=O) groups excluding carboxylic acids is 1. The van der Waals surface area contributed by atoms with E-state index in [9.17, 15) is 4.79 Å². The maximum absolute atomic E-state index is 11.4. The molecule has 0 spiro atoms. The van der Waals surface area contributed by atoms with Gasteiger partial charge in [0.15, 0.2) is 0 Å². The molecule has 14 heavy (non-hydrogen) atoms. The molecule has 0 aliphatic carbocycles. The molecule has 0 radical (unpaired) electrons. The van der Waals surface area contributed by atoms with Crippen LogP contribution in [-0.4, -0.2) is 29.5 Å². The molecular weight excluding hydrogens is 248 g/mol. The summed E-state index contributed by atoms with van der Waals surface area (Å²) in [5.74, 6) is -0.389. The van der Waals surface area contributed by atoms with Crippen LogP contribution < -0.4 is 5.32 Å². The summed E-state index contributed by atoms with van der Waals surface area (Å²) in [5.41, 5.74) is 0. The molecule has 1 atom stereocenters. The van der Waals surface area contributed by atoms with E-state index in [4.69, 9.17) is 39.5 Å². The van der Waals surface area contributed by atoms with Crippen LogP contribution in [0, 0.1) is 5.92 Å². The number of hydrogen-bond donors (Lipinski definition) is 1. The summed E-state index contributed by atoms with van der Waals surface area (Å²) in [4.78, 5) is 11.4. The SMILES string of the molecule is O=C(OCC(Cl)(Cl)Cl)[C@@H]1CCCNC1. The van der Waals surface area contributed by atoms with Crippen LogP contribution >= 0.6 is 34.8 Å². The van der Waals surface area contributed by atoms with Crippen molar-refractivity contribution in [1.29, 1.82) is 0 Å². The number of esters is 1. The largest absolute Gasteiger partial charge is 0.461 e. The summed E-state index contributed by atoms with van der Waals surface area (Å²) < 4.78 is 3.36. The van der Waals surface area contributed by atoms with Crippen LogP contribution in [0.15, 0.2) is 0 Å². The number of carbonyl (C=O) groups is 1. The minimum Gasteiger partial charge on any atom is -0.461 e. The average Bonchev–Trinajstić information content (AvgIpc) is 2.14. The van der Waals surface area contributed by atoms with Gasteiger partial charge in [0.1, 0.15) is 6.61 Å². The average molecular weight is 261 g/mol. The Morgan fingerprint density at radius 3 is 2.71 bits per heavy atom. The van der Waals surface area contributed by atoms with E-state index >= 15 is 0 Å². The number of nitrogens with one attached hydrogen (secondary N) is 1. The van der Waals surface area contributed by atoms with Gasteiger partial charge in [0.05, 0.1) is 5.92 Å². The smallest absolute Gasteiger partial charge is 0.310 e. The van der Waals surface area contributed by atoms with E-state index in [-0.39, 0.29) is 18.5 Å². The lowest BCUT2D eigenvalue weighted by Gasteiger charge is -2.22. The third-order valence-corrected chi connectivity index (χ3v) is 2.34. The fourth-order valence-electron chi connectivity index (χ4n) is 1.32. The number of ether oxygens (including phenoxy) is 1. The van der Waals surface area contributed by atoms with Gasteiger partial charge in [-0.3, -0.25) is 4.79 Å². The van der Waals surface area contributed by atoms with E-state index < -0.39 is 3.79 Å². The van der Waals surface area contributed by atoms with Crippen molar-refractivity contribution in [1.82, 2.24) is 5.32 Å². The van der Waals surface area contributed by atoms with E-state index in [2.05, 4.69) is 5.32 Å². The van der Waals surface area contributed by atoms with E-state index in [1.165, 1.54) is 0 Å². The van der Waals surface area contributed by atoms with Gasteiger partial charge in [-0.15, -0.1) is 0 Å². The Morgan fingerprint density at radius 1 is 1.50 bits per heavy atom. The van der Waals surface area contributed by atoms with Crippen LogP contribution in [0.25, 0.3) is 0 Å². The molecule has 0 unspecified atom stereocenters. The van der Waals surface area contributed by atoms with Gasteiger partial charge in [0.25, 0.3) is 0 Å². The Morgan fingerprint density at radius 2 is 2.21 bits per heavy atom. The van der Waals surface area contributed by atoms with Crippen LogP contribution in [0.5, 0.6) is 0 Å². The Labute approximate surface area is 98.0 Å². The molecular formula is C8H12Cl3NO2. The molecule has 1 heterocycles. The molecule has 1 aliphatic rings. The maximum Gasteiger partial charge on any atom is 0.310 e. The fourth-order valence-corrected chi connectivity index (χ4v) is 1.49. The summed E-state index contributed by atoms with van der Waals surface area (Å²) in [7, 11) is 0. The maximum atomic E-state index is 11.4. The second-order valence-electron chi connectivity index (χ2n) is 3.27. The van der Waals surface area contributed by atoms with Crippen LogP contribution in [-0.2, 0) is 9.53 Å². The fraction of sp³-hybridized carbons (Fsp3) is 0.875. The molecule has 0 saturated carbocycles. The molecule has 0 amide bonds. The normalized spacial score (nSPS) is 23.2. The van der Waals surface area contributed by atoms with Crippen LogP contribution in [0.3, 0.4) is 0 Å². The Kier molecular flexibility index (Phi) is 4.77. The summed E-state index contributed by atoms with van der Waals surface area (Å²) in [5, 5.41) is 3.11. The molecule has 1 aliphatic heterocycles. The highest BCUT2D eigenvalue weighted by atomic mass is 35.6. The van der Waals surface area contributed by atoms with Gasteiger partial charge in [-0.2, -0.15) is 0 Å². The topological polar surface area (TPSA) is 38.3 Å². The summed E-state index contributed by atoms with van der Waals surface area (Å²) >= 11 is 16.4. The van der Waals surface area contributed by atoms with Crippen molar-refractivity contribution in [2.75, 3.05) is 19.7 Å². The third-order valence-electron chi connectivity index (χ3n) is 2.01. The van der Waals surface area contributed by atoms with Gasteiger partial charge in [0.2, 0.25) is 3.79 Å². The number of halogens is 3. The Hall–Kier alpha value is 0.300. The number of alkyl halides is 3. The molecule has 1 rings (SSSR count). The molecule has 1 N–H and O–H groups in total. The van der Waals surface area contributed by atoms with Crippen molar-refractivity contribution in [2.45, 2.75) is 16.6 Å². The van der Waals surface area contributed by atoms with E-state index in [1.54, 1.807) is 0 Å². The zero-order chi connectivity index (χ0) is 10.6. The van der Waals surface area contributed by atoms with E-state index in [1.807, 2.05) is 0 Å². The van der Waals surface area contributed by atoms with Crippen molar-refractivity contribution in [3.63, 3.8) is 0 Å². The zero-order valence-corrected chi connectivity index (χ0v) is 9.83. The molecule has 0 aromatic heterocycles. The van der Waals surface area contributed by atoms with E-state index in [0.717, 1.165) is 19.4 Å². The second kappa shape index (κ2) is 5.40. The highest BCUT2D eigenvalue weighted by Gasteiger charge is 2.26. The predicted molar refractivity (Wildman–Crippen MR) is 56.8 cm³/mol. The first-order valence-electron chi connectivity index (χ1n) is 4.43. The lowest BCUT2D eigenvalue weighted by atomic mass is 10.0. The molecule has 0 bridgehead atoms. The van der Waals surface area contributed by atoms with Crippen LogP contribution in [0.1, 0.15) is 12.8 Å². The minimum atomic E-state index is -1.52. The van der Waals surface area contributed by atoms with Gasteiger partial charge in [-0.1, -0.05) is 34.8 Å². The Balaban J connectivity index is 2.27. The van der Waals surface area contributed by atoms with Crippen molar-refractivity contribution >= 4 is 40.8 Å². The molecule has 6 heteroatoms. The van der Waals surface area contributed by atoms with Crippen LogP contribution in [0.2, 0.25) is 0 Å². The van der Waals surface area contributed by atoms with E-state index in [0.29, 0.717) is 6.54 Å². The van der Waals surface area contributed by atoms with Crippen LogP contribution in [0.4, 0.5) is 0 Å². The molecule has 1 saturated heterocycles. The van der Waals surface area contributed by atoms with Gasteiger partial charge in [0, 0.05) is 6.54 Å². The summed E-state index contributed by atoms with van der Waals surface area (Å²) in [6.07, 6.45) is 1.82. The van der Waals surface area contributed by atoms with Gasteiger partial charge >= 0.3 is 5.97 Å². The highest BCUT2D eigenvalue weighted by molar-refractivity contribution is 6.67. The van der Waals surface area contributed by atoms with Crippen molar-refractivity contribution < 1.29 is 9.53 Å².